The fourth-order valence-electron chi connectivity index (χ4n) is 2.52. The SMILES string of the molecule is O=C(Oc1ccc(Cl)cc1Cl)c1cc(S(=O)(=O)N2CCOCC2)c(Cl)cc1Cl. The Balaban J connectivity index is 1.95. The number of ether oxygens (including phenoxy) is 2. The third-order valence-corrected chi connectivity index (χ3v) is 7.13. The summed E-state index contributed by atoms with van der Waals surface area (Å²) in [5.74, 6) is -0.830. The van der Waals surface area contributed by atoms with Crippen LogP contribution in [0.2, 0.25) is 20.1 Å². The summed E-state index contributed by atoms with van der Waals surface area (Å²) in [5.41, 5.74) is -0.163. The zero-order chi connectivity index (χ0) is 20.5. The average molecular weight is 485 g/mol. The summed E-state index contributed by atoms with van der Waals surface area (Å²) < 4.78 is 37.4. The molecule has 150 valence electrons. The van der Waals surface area contributed by atoms with Gasteiger partial charge in [-0.3, -0.25) is 0 Å². The molecule has 3 rings (SSSR count). The number of rotatable bonds is 4. The Labute approximate surface area is 181 Å². The van der Waals surface area contributed by atoms with Crippen molar-refractivity contribution in [1.29, 1.82) is 0 Å². The Morgan fingerprint density at radius 1 is 0.964 bits per heavy atom. The van der Waals surface area contributed by atoms with E-state index in [0.717, 1.165) is 6.07 Å². The van der Waals surface area contributed by atoms with Gasteiger partial charge < -0.3 is 9.47 Å². The van der Waals surface area contributed by atoms with Gasteiger partial charge in [0.1, 0.15) is 10.6 Å². The molecular weight excluding hydrogens is 472 g/mol. The first-order valence-electron chi connectivity index (χ1n) is 7.94. The first-order chi connectivity index (χ1) is 13.2. The summed E-state index contributed by atoms with van der Waals surface area (Å²) in [6, 6.07) is 6.60. The van der Waals surface area contributed by atoms with Crippen LogP contribution < -0.4 is 4.74 Å². The monoisotopic (exact) mass is 483 g/mol. The number of halogens is 4. The second-order valence-corrected chi connectivity index (χ2v) is 9.31. The molecule has 2 aromatic carbocycles. The van der Waals surface area contributed by atoms with Crippen molar-refractivity contribution in [1.82, 2.24) is 4.31 Å². The van der Waals surface area contributed by atoms with E-state index in [9.17, 15) is 13.2 Å². The molecule has 1 saturated heterocycles. The fourth-order valence-corrected chi connectivity index (χ4v) is 5.20. The summed E-state index contributed by atoms with van der Waals surface area (Å²) in [6.45, 7) is 0.908. The smallest absolute Gasteiger partial charge is 0.345 e. The molecule has 0 bridgehead atoms. The number of morpholine rings is 1. The van der Waals surface area contributed by atoms with E-state index < -0.39 is 16.0 Å². The van der Waals surface area contributed by atoms with Crippen molar-refractivity contribution in [2.45, 2.75) is 4.90 Å². The topological polar surface area (TPSA) is 72.9 Å². The van der Waals surface area contributed by atoms with Gasteiger partial charge in [0.2, 0.25) is 10.0 Å². The molecule has 0 radical (unpaired) electrons. The highest BCUT2D eigenvalue weighted by atomic mass is 35.5. The number of sulfonamides is 1. The van der Waals surface area contributed by atoms with Crippen LogP contribution in [-0.2, 0) is 14.8 Å². The molecule has 0 aromatic heterocycles. The Hall–Kier alpha value is -1.06. The van der Waals surface area contributed by atoms with Crippen molar-refractivity contribution >= 4 is 62.4 Å². The molecule has 0 atom stereocenters. The van der Waals surface area contributed by atoms with Gasteiger partial charge in [0, 0.05) is 18.1 Å². The standard InChI is InChI=1S/C17H13Cl4NO5S/c18-10-1-2-15(13(20)7-10)27-17(23)11-8-16(14(21)9-12(11)19)28(24,25)22-3-5-26-6-4-22/h1-2,7-9H,3-6H2. The van der Waals surface area contributed by atoms with Crippen LogP contribution >= 0.6 is 46.4 Å². The molecule has 1 fully saturated rings. The van der Waals surface area contributed by atoms with Crippen LogP contribution in [0.5, 0.6) is 5.75 Å². The van der Waals surface area contributed by atoms with E-state index in [1.54, 1.807) is 0 Å². The molecule has 6 nitrogen and oxygen atoms in total. The maximum atomic E-state index is 12.9. The second-order valence-electron chi connectivity index (χ2n) is 5.74. The van der Waals surface area contributed by atoms with Crippen molar-refractivity contribution in [3.05, 3.63) is 56.0 Å². The first-order valence-corrected chi connectivity index (χ1v) is 10.9. The molecule has 0 aliphatic carbocycles. The molecule has 0 saturated carbocycles. The second kappa shape index (κ2) is 8.75. The van der Waals surface area contributed by atoms with Crippen molar-refractivity contribution in [2.24, 2.45) is 0 Å². The number of hydrogen-bond acceptors (Lipinski definition) is 5. The Bertz CT molecular complexity index is 1020. The Morgan fingerprint density at radius 3 is 2.29 bits per heavy atom. The normalized spacial score (nSPS) is 15.4. The summed E-state index contributed by atoms with van der Waals surface area (Å²) in [4.78, 5) is 12.3. The number of carbonyl (C=O) groups is 1. The van der Waals surface area contributed by atoms with Gasteiger partial charge in [-0.1, -0.05) is 46.4 Å². The fraction of sp³-hybridized carbons (Fsp3) is 0.235. The van der Waals surface area contributed by atoms with Gasteiger partial charge in [-0.15, -0.1) is 0 Å². The lowest BCUT2D eigenvalue weighted by molar-refractivity contribution is 0.0727. The van der Waals surface area contributed by atoms with E-state index in [1.807, 2.05) is 0 Å². The number of benzene rings is 2. The summed E-state index contributed by atoms with van der Waals surface area (Å²) in [6.07, 6.45) is 0. The molecule has 0 spiro atoms. The predicted molar refractivity (Wildman–Crippen MR) is 107 cm³/mol. The predicted octanol–water partition coefficient (Wildman–Crippen LogP) is 4.54. The summed E-state index contributed by atoms with van der Waals surface area (Å²) >= 11 is 24.0. The highest BCUT2D eigenvalue weighted by Crippen LogP contribution is 2.33. The minimum Gasteiger partial charge on any atom is -0.421 e. The van der Waals surface area contributed by atoms with Crippen LogP contribution in [-0.4, -0.2) is 45.0 Å². The van der Waals surface area contributed by atoms with Crippen LogP contribution in [0.3, 0.4) is 0 Å². The van der Waals surface area contributed by atoms with Gasteiger partial charge in [-0.25, -0.2) is 13.2 Å². The number of nitrogens with zero attached hydrogens (tertiary/aromatic N) is 1. The molecule has 2 aromatic rings. The number of hydrogen-bond donors (Lipinski definition) is 0. The van der Waals surface area contributed by atoms with Crippen LogP contribution in [0.25, 0.3) is 0 Å². The van der Waals surface area contributed by atoms with Crippen molar-refractivity contribution in [2.75, 3.05) is 26.3 Å². The van der Waals surface area contributed by atoms with E-state index in [-0.39, 0.29) is 57.6 Å². The van der Waals surface area contributed by atoms with Gasteiger partial charge in [0.15, 0.2) is 0 Å². The minimum atomic E-state index is -3.94. The minimum absolute atomic E-state index is 0.0546. The summed E-state index contributed by atoms with van der Waals surface area (Å²) in [5, 5.41) is 0.332. The molecule has 0 amide bonds. The van der Waals surface area contributed by atoms with E-state index in [1.165, 1.54) is 28.6 Å². The van der Waals surface area contributed by atoms with Gasteiger partial charge in [0.05, 0.1) is 33.8 Å². The van der Waals surface area contributed by atoms with Crippen molar-refractivity contribution in [3.63, 3.8) is 0 Å². The lowest BCUT2D eigenvalue weighted by atomic mass is 10.2. The maximum absolute atomic E-state index is 12.9. The largest absolute Gasteiger partial charge is 0.421 e. The zero-order valence-corrected chi connectivity index (χ0v) is 18.0. The molecule has 0 N–H and O–H groups in total. The summed E-state index contributed by atoms with van der Waals surface area (Å²) in [7, 11) is -3.94. The van der Waals surface area contributed by atoms with Gasteiger partial charge in [0.25, 0.3) is 0 Å². The lowest BCUT2D eigenvalue weighted by Crippen LogP contribution is -2.40. The van der Waals surface area contributed by atoms with E-state index in [4.69, 9.17) is 55.9 Å². The quantitative estimate of drug-likeness (QED) is 0.470. The molecule has 1 aliphatic heterocycles. The van der Waals surface area contributed by atoms with E-state index in [0.29, 0.717) is 5.02 Å². The van der Waals surface area contributed by atoms with Crippen molar-refractivity contribution < 1.29 is 22.7 Å². The van der Waals surface area contributed by atoms with E-state index in [2.05, 4.69) is 0 Å². The number of esters is 1. The molecule has 1 aliphatic rings. The van der Waals surface area contributed by atoms with E-state index >= 15 is 0 Å². The number of carbonyl (C=O) groups excluding carboxylic acids is 1. The van der Waals surface area contributed by atoms with Crippen LogP contribution in [0.15, 0.2) is 35.2 Å². The third kappa shape index (κ3) is 4.57. The Morgan fingerprint density at radius 2 is 1.64 bits per heavy atom. The van der Waals surface area contributed by atoms with Gasteiger partial charge in [-0.2, -0.15) is 4.31 Å². The van der Waals surface area contributed by atoms with Crippen LogP contribution in [0.1, 0.15) is 10.4 Å². The highest BCUT2D eigenvalue weighted by molar-refractivity contribution is 7.89. The van der Waals surface area contributed by atoms with Crippen LogP contribution in [0, 0.1) is 0 Å². The molecule has 28 heavy (non-hydrogen) atoms. The lowest BCUT2D eigenvalue weighted by Gasteiger charge is -2.26. The van der Waals surface area contributed by atoms with Crippen molar-refractivity contribution in [3.8, 4) is 5.75 Å². The molecule has 11 heteroatoms. The maximum Gasteiger partial charge on any atom is 0.345 e. The Kier molecular flexibility index (Phi) is 6.76. The molecule has 1 heterocycles. The first kappa shape index (κ1) is 21.6. The third-order valence-electron chi connectivity index (χ3n) is 3.93. The average Bonchev–Trinajstić information content (AvgIpc) is 2.64. The van der Waals surface area contributed by atoms with Gasteiger partial charge >= 0.3 is 5.97 Å². The zero-order valence-electron chi connectivity index (χ0n) is 14.1. The molecular formula is C17H13Cl4NO5S. The van der Waals surface area contributed by atoms with Gasteiger partial charge in [-0.05, 0) is 30.3 Å². The highest BCUT2D eigenvalue weighted by Gasteiger charge is 2.30. The molecule has 0 unspecified atom stereocenters. The van der Waals surface area contributed by atoms with Crippen LogP contribution in [0.4, 0.5) is 0 Å².